The first kappa shape index (κ1) is 14.0. The predicted octanol–water partition coefficient (Wildman–Crippen LogP) is 0.212. The number of aliphatic hydroxyl groups is 1. The molecule has 0 atom stereocenters. The molecule has 0 saturated heterocycles. The Balaban J connectivity index is 3.35. The zero-order valence-corrected chi connectivity index (χ0v) is 10.1. The molecule has 0 amide bonds. The van der Waals surface area contributed by atoms with Gasteiger partial charge in [0.1, 0.15) is 4.90 Å². The first-order chi connectivity index (χ1) is 7.77. The van der Waals surface area contributed by atoms with Crippen molar-refractivity contribution in [2.75, 3.05) is 14.1 Å². The monoisotopic (exact) mass is 266 g/mol. The summed E-state index contributed by atoms with van der Waals surface area (Å²) >= 11 is 0. The third-order valence-corrected chi connectivity index (χ3v) is 3.31. The Bertz CT molecular complexity index is 517. The number of hydrazine groups is 1. The molecule has 5 nitrogen and oxygen atoms in total. The number of nitrogens with zero attached hydrogens (tertiary/aromatic N) is 1. The number of halogens is 2. The van der Waals surface area contributed by atoms with E-state index >= 15 is 0 Å². The van der Waals surface area contributed by atoms with Gasteiger partial charge in [-0.2, -0.15) is 0 Å². The minimum atomic E-state index is -4.20. The Morgan fingerprint density at radius 1 is 1.35 bits per heavy atom. The molecule has 0 unspecified atom stereocenters. The number of rotatable bonds is 4. The topological polar surface area (TPSA) is 69.6 Å². The summed E-state index contributed by atoms with van der Waals surface area (Å²) in [6.45, 7) is -0.582. The third-order valence-electron chi connectivity index (χ3n) is 1.83. The van der Waals surface area contributed by atoms with Crippen LogP contribution in [0.3, 0.4) is 0 Å². The summed E-state index contributed by atoms with van der Waals surface area (Å²) in [6.07, 6.45) is 0. The smallest absolute Gasteiger partial charge is 0.256 e. The van der Waals surface area contributed by atoms with E-state index in [1.54, 1.807) is 0 Å². The molecule has 0 aliphatic rings. The number of benzene rings is 1. The van der Waals surface area contributed by atoms with Gasteiger partial charge in [0, 0.05) is 14.1 Å². The Morgan fingerprint density at radius 2 is 1.94 bits per heavy atom. The molecule has 96 valence electrons. The average Bonchev–Trinajstić information content (AvgIpc) is 2.19. The molecule has 1 aromatic carbocycles. The predicted molar refractivity (Wildman–Crippen MR) is 56.3 cm³/mol. The van der Waals surface area contributed by atoms with E-state index in [1.807, 2.05) is 4.83 Å². The van der Waals surface area contributed by atoms with Crippen molar-refractivity contribution in [3.8, 4) is 0 Å². The van der Waals surface area contributed by atoms with Crippen molar-refractivity contribution >= 4 is 10.0 Å². The zero-order chi connectivity index (χ0) is 13.2. The highest BCUT2D eigenvalue weighted by Gasteiger charge is 2.23. The SMILES string of the molecule is CN(C)NS(=O)(=O)c1cc(CO)cc(F)c1F. The van der Waals surface area contributed by atoms with Crippen molar-refractivity contribution in [2.24, 2.45) is 0 Å². The first-order valence-corrected chi connectivity index (χ1v) is 6.05. The van der Waals surface area contributed by atoms with Gasteiger partial charge in [-0.1, -0.05) is 0 Å². The molecule has 1 rings (SSSR count). The van der Waals surface area contributed by atoms with Gasteiger partial charge in [-0.25, -0.2) is 22.2 Å². The minimum absolute atomic E-state index is 0.0250. The van der Waals surface area contributed by atoms with Crippen LogP contribution in [-0.4, -0.2) is 32.6 Å². The van der Waals surface area contributed by atoms with Crippen LogP contribution in [0.25, 0.3) is 0 Å². The van der Waals surface area contributed by atoms with Gasteiger partial charge in [0.15, 0.2) is 11.6 Å². The summed E-state index contributed by atoms with van der Waals surface area (Å²) in [7, 11) is -1.41. The molecule has 0 bridgehead atoms. The Morgan fingerprint density at radius 3 is 2.41 bits per heavy atom. The van der Waals surface area contributed by atoms with Crippen LogP contribution >= 0.6 is 0 Å². The molecular formula is C9H12F2N2O3S. The van der Waals surface area contributed by atoms with E-state index in [1.165, 1.54) is 14.1 Å². The Hall–Kier alpha value is -1.09. The lowest BCUT2D eigenvalue weighted by Crippen LogP contribution is -2.36. The van der Waals surface area contributed by atoms with Gasteiger partial charge < -0.3 is 5.11 Å². The molecule has 0 saturated carbocycles. The summed E-state index contributed by atoms with van der Waals surface area (Å²) in [5.74, 6) is -2.80. The second-order valence-corrected chi connectivity index (χ2v) is 5.17. The molecule has 8 heteroatoms. The summed E-state index contributed by atoms with van der Waals surface area (Å²) in [4.78, 5) is 1.13. The normalized spacial score (nSPS) is 12.1. The van der Waals surface area contributed by atoms with Crippen molar-refractivity contribution in [3.05, 3.63) is 29.3 Å². The maximum atomic E-state index is 13.4. The molecule has 0 aromatic heterocycles. The summed E-state index contributed by atoms with van der Waals surface area (Å²) < 4.78 is 49.8. The molecule has 17 heavy (non-hydrogen) atoms. The Labute approximate surface area is 97.7 Å². The van der Waals surface area contributed by atoms with E-state index in [0.717, 1.165) is 17.1 Å². The molecule has 0 spiro atoms. The first-order valence-electron chi connectivity index (χ1n) is 4.56. The quantitative estimate of drug-likeness (QED) is 0.764. The van der Waals surface area contributed by atoms with Gasteiger partial charge in [-0.05, 0) is 17.7 Å². The second-order valence-electron chi connectivity index (χ2n) is 3.54. The van der Waals surface area contributed by atoms with Gasteiger partial charge in [-0.3, -0.25) is 0 Å². The molecule has 0 fully saturated rings. The lowest BCUT2D eigenvalue weighted by atomic mass is 10.2. The van der Waals surface area contributed by atoms with Crippen LogP contribution in [0, 0.1) is 11.6 Å². The number of aliphatic hydroxyl groups excluding tert-OH is 1. The number of hydrogen-bond acceptors (Lipinski definition) is 4. The Kier molecular flexibility index (Phi) is 4.15. The maximum absolute atomic E-state index is 13.4. The highest BCUT2D eigenvalue weighted by molar-refractivity contribution is 7.89. The fourth-order valence-electron chi connectivity index (χ4n) is 1.19. The molecule has 1 aromatic rings. The fraction of sp³-hybridized carbons (Fsp3) is 0.333. The van der Waals surface area contributed by atoms with E-state index in [9.17, 15) is 17.2 Å². The van der Waals surface area contributed by atoms with Crippen LogP contribution in [0.1, 0.15) is 5.56 Å². The number of hydrogen-bond donors (Lipinski definition) is 2. The average molecular weight is 266 g/mol. The lowest BCUT2D eigenvalue weighted by molar-refractivity contribution is 0.280. The van der Waals surface area contributed by atoms with E-state index in [0.29, 0.717) is 0 Å². The molecule has 0 heterocycles. The van der Waals surface area contributed by atoms with E-state index < -0.39 is 33.2 Å². The van der Waals surface area contributed by atoms with Crippen molar-refractivity contribution in [2.45, 2.75) is 11.5 Å². The van der Waals surface area contributed by atoms with Crippen LogP contribution < -0.4 is 4.83 Å². The fourth-order valence-corrected chi connectivity index (χ4v) is 2.41. The van der Waals surface area contributed by atoms with E-state index in [4.69, 9.17) is 5.11 Å². The van der Waals surface area contributed by atoms with Crippen LogP contribution in [0.5, 0.6) is 0 Å². The van der Waals surface area contributed by atoms with E-state index in [2.05, 4.69) is 0 Å². The van der Waals surface area contributed by atoms with Crippen molar-refractivity contribution < 1.29 is 22.3 Å². The molecule has 0 radical (unpaired) electrons. The van der Waals surface area contributed by atoms with Crippen LogP contribution in [0.4, 0.5) is 8.78 Å². The van der Waals surface area contributed by atoms with Gasteiger partial charge in [0.2, 0.25) is 0 Å². The van der Waals surface area contributed by atoms with Crippen LogP contribution in [0.2, 0.25) is 0 Å². The van der Waals surface area contributed by atoms with Crippen molar-refractivity contribution in [1.82, 2.24) is 9.84 Å². The number of nitrogens with one attached hydrogen (secondary N) is 1. The van der Waals surface area contributed by atoms with Gasteiger partial charge in [0.25, 0.3) is 10.0 Å². The standard InChI is InChI=1S/C9H12F2N2O3S/c1-13(2)12-17(15,16)8-4-6(5-14)3-7(10)9(8)11/h3-4,12,14H,5H2,1-2H3. The minimum Gasteiger partial charge on any atom is -0.392 e. The molecule has 0 aliphatic carbocycles. The molecule has 2 N–H and O–H groups in total. The van der Waals surface area contributed by atoms with Crippen molar-refractivity contribution in [1.29, 1.82) is 0 Å². The molecular weight excluding hydrogens is 254 g/mol. The van der Waals surface area contributed by atoms with Crippen LogP contribution in [-0.2, 0) is 16.6 Å². The van der Waals surface area contributed by atoms with Gasteiger partial charge >= 0.3 is 0 Å². The molecule has 0 aliphatic heterocycles. The maximum Gasteiger partial charge on any atom is 0.256 e. The van der Waals surface area contributed by atoms with Gasteiger partial charge in [0.05, 0.1) is 6.61 Å². The van der Waals surface area contributed by atoms with Gasteiger partial charge in [-0.15, -0.1) is 4.83 Å². The third kappa shape index (κ3) is 3.19. The highest BCUT2D eigenvalue weighted by Crippen LogP contribution is 2.19. The number of sulfonamides is 1. The zero-order valence-electron chi connectivity index (χ0n) is 9.24. The second kappa shape index (κ2) is 5.05. The summed E-state index contributed by atoms with van der Waals surface area (Å²) in [5, 5.41) is 9.89. The largest absolute Gasteiger partial charge is 0.392 e. The van der Waals surface area contributed by atoms with Crippen molar-refractivity contribution in [3.63, 3.8) is 0 Å². The van der Waals surface area contributed by atoms with Crippen LogP contribution in [0.15, 0.2) is 17.0 Å². The summed E-state index contributed by atoms with van der Waals surface area (Å²) in [6, 6.07) is 1.62. The lowest BCUT2D eigenvalue weighted by Gasteiger charge is -2.13. The summed E-state index contributed by atoms with van der Waals surface area (Å²) in [5.41, 5.74) is -0.0250. The highest BCUT2D eigenvalue weighted by atomic mass is 32.2. The van der Waals surface area contributed by atoms with E-state index in [-0.39, 0.29) is 5.56 Å².